The van der Waals surface area contributed by atoms with Crippen LogP contribution in [0, 0.1) is 0 Å². The highest BCUT2D eigenvalue weighted by molar-refractivity contribution is 6.30. The molecule has 0 aliphatic rings. The molecule has 4 aromatic rings. The number of hydrogen-bond donors (Lipinski definition) is 1. The normalized spacial score (nSPS) is 10.7. The molecule has 0 unspecified atom stereocenters. The van der Waals surface area contributed by atoms with Gasteiger partial charge in [0, 0.05) is 35.7 Å². The summed E-state index contributed by atoms with van der Waals surface area (Å²) in [6, 6.07) is 22.8. The molecule has 0 fully saturated rings. The van der Waals surface area contributed by atoms with Gasteiger partial charge in [0.2, 0.25) is 0 Å². The maximum atomic E-state index is 12.0. The zero-order valence-corrected chi connectivity index (χ0v) is 22.3. The minimum absolute atomic E-state index is 0.292. The van der Waals surface area contributed by atoms with Gasteiger partial charge in [-0.15, -0.1) is 0 Å². The molecule has 196 valence electrons. The summed E-state index contributed by atoms with van der Waals surface area (Å²) in [5, 5.41) is 10.6. The first kappa shape index (κ1) is 27.0. The number of pyridine rings is 1. The van der Waals surface area contributed by atoms with E-state index in [0.29, 0.717) is 36.6 Å². The Kier molecular flexibility index (Phi) is 9.22. The highest BCUT2D eigenvalue weighted by Gasteiger charge is 2.22. The van der Waals surface area contributed by atoms with Crippen molar-refractivity contribution in [2.75, 3.05) is 18.6 Å². The lowest BCUT2D eigenvalue weighted by Crippen LogP contribution is -2.20. The maximum Gasteiger partial charge on any atom is 0.336 e. The lowest BCUT2D eigenvalue weighted by Gasteiger charge is -2.30. The van der Waals surface area contributed by atoms with E-state index in [1.165, 1.54) is 5.56 Å². The van der Waals surface area contributed by atoms with Gasteiger partial charge in [0.05, 0.1) is 25.0 Å². The minimum atomic E-state index is -0.946. The van der Waals surface area contributed by atoms with Crippen LogP contribution in [-0.2, 0) is 19.4 Å². The van der Waals surface area contributed by atoms with Gasteiger partial charge in [0.25, 0.3) is 0 Å². The van der Waals surface area contributed by atoms with E-state index in [2.05, 4.69) is 9.88 Å². The molecule has 0 radical (unpaired) electrons. The molecular weight excluding hydrogens is 500 g/mol. The van der Waals surface area contributed by atoms with E-state index in [4.69, 9.17) is 21.1 Å². The predicted molar refractivity (Wildman–Crippen MR) is 151 cm³/mol. The summed E-state index contributed by atoms with van der Waals surface area (Å²) in [5.41, 5.74) is 4.86. The lowest BCUT2D eigenvalue weighted by atomic mass is 10.0. The fourth-order valence-corrected chi connectivity index (χ4v) is 4.57. The van der Waals surface area contributed by atoms with Crippen LogP contribution < -0.4 is 14.4 Å². The number of hydrogen-bond acceptors (Lipinski definition) is 5. The van der Waals surface area contributed by atoms with E-state index >= 15 is 0 Å². The SMILES string of the molecule is CCc1c(C(=O)O)cccc1N(Cc1cccnc1)c1ccc(OC)cc1OCCCc1ccc(Cl)cc1. The standard InChI is InChI=1S/C31H31ClN2O4/c1-3-26-27(31(35)36)9-4-10-28(26)34(21-23-7-5-17-33-20-23)29-16-15-25(37-2)19-30(29)38-18-6-8-22-11-13-24(32)14-12-22/h4-5,7,9-17,19-20H,3,6,8,18,21H2,1-2H3,(H,35,36). The quantitative estimate of drug-likeness (QED) is 0.193. The van der Waals surface area contributed by atoms with Crippen molar-refractivity contribution in [2.45, 2.75) is 32.7 Å². The molecule has 1 aromatic heterocycles. The third kappa shape index (κ3) is 6.64. The Bertz CT molecular complexity index is 1360. The Morgan fingerprint density at radius 3 is 2.50 bits per heavy atom. The molecular formula is C31H31ClN2O4. The summed E-state index contributed by atoms with van der Waals surface area (Å²) in [6.45, 7) is 2.95. The second-order valence-electron chi connectivity index (χ2n) is 8.82. The zero-order chi connectivity index (χ0) is 26.9. The second kappa shape index (κ2) is 13.0. The van der Waals surface area contributed by atoms with Gasteiger partial charge in [-0.1, -0.05) is 42.8 Å². The summed E-state index contributed by atoms with van der Waals surface area (Å²) in [7, 11) is 1.62. The van der Waals surface area contributed by atoms with Crippen LogP contribution >= 0.6 is 11.6 Å². The minimum Gasteiger partial charge on any atom is -0.497 e. The van der Waals surface area contributed by atoms with Crippen LogP contribution in [0.25, 0.3) is 0 Å². The van der Waals surface area contributed by atoms with E-state index in [1.807, 2.05) is 73.8 Å². The highest BCUT2D eigenvalue weighted by atomic mass is 35.5. The molecule has 0 saturated carbocycles. The number of methoxy groups -OCH3 is 1. The van der Waals surface area contributed by atoms with Crippen LogP contribution in [-0.4, -0.2) is 29.8 Å². The van der Waals surface area contributed by atoms with Crippen molar-refractivity contribution < 1.29 is 19.4 Å². The van der Waals surface area contributed by atoms with Crippen molar-refractivity contribution in [3.05, 3.63) is 112 Å². The Labute approximate surface area is 228 Å². The van der Waals surface area contributed by atoms with Crippen LogP contribution in [0.2, 0.25) is 5.02 Å². The molecule has 0 aliphatic heterocycles. The summed E-state index contributed by atoms with van der Waals surface area (Å²) in [6.07, 6.45) is 5.79. The summed E-state index contributed by atoms with van der Waals surface area (Å²) >= 11 is 6.01. The number of rotatable bonds is 12. The van der Waals surface area contributed by atoms with Gasteiger partial charge in [-0.3, -0.25) is 4.98 Å². The number of ether oxygens (including phenoxy) is 2. The fraction of sp³-hybridized carbons (Fsp3) is 0.226. The van der Waals surface area contributed by atoms with Crippen LogP contribution in [0.1, 0.15) is 40.4 Å². The summed E-state index contributed by atoms with van der Waals surface area (Å²) in [4.78, 5) is 18.4. The van der Waals surface area contributed by atoms with E-state index in [0.717, 1.165) is 40.4 Å². The van der Waals surface area contributed by atoms with E-state index in [1.54, 1.807) is 25.4 Å². The van der Waals surface area contributed by atoms with E-state index in [-0.39, 0.29) is 0 Å². The lowest BCUT2D eigenvalue weighted by molar-refractivity contribution is 0.0695. The molecule has 6 nitrogen and oxygen atoms in total. The van der Waals surface area contributed by atoms with Crippen molar-refractivity contribution in [1.29, 1.82) is 0 Å². The summed E-state index contributed by atoms with van der Waals surface area (Å²) < 4.78 is 11.8. The zero-order valence-electron chi connectivity index (χ0n) is 21.6. The third-order valence-corrected chi connectivity index (χ3v) is 6.58. The van der Waals surface area contributed by atoms with Gasteiger partial charge in [0.15, 0.2) is 0 Å². The van der Waals surface area contributed by atoms with Crippen LogP contribution in [0.4, 0.5) is 11.4 Å². The molecule has 1 N–H and O–H groups in total. The first-order chi connectivity index (χ1) is 18.5. The number of aromatic nitrogens is 1. The van der Waals surface area contributed by atoms with Gasteiger partial charge in [-0.25, -0.2) is 4.79 Å². The largest absolute Gasteiger partial charge is 0.497 e. The highest BCUT2D eigenvalue weighted by Crippen LogP contribution is 2.40. The van der Waals surface area contributed by atoms with Gasteiger partial charge in [-0.2, -0.15) is 0 Å². The number of halogens is 1. The molecule has 0 atom stereocenters. The van der Waals surface area contributed by atoms with Crippen LogP contribution in [0.5, 0.6) is 11.5 Å². The Balaban J connectivity index is 1.69. The molecule has 1 heterocycles. The molecule has 3 aromatic carbocycles. The molecule has 0 spiro atoms. The van der Waals surface area contributed by atoms with Gasteiger partial charge < -0.3 is 19.5 Å². The number of aryl methyl sites for hydroxylation is 1. The van der Waals surface area contributed by atoms with Gasteiger partial charge in [0.1, 0.15) is 11.5 Å². The Hall–Kier alpha value is -4.03. The van der Waals surface area contributed by atoms with Crippen molar-refractivity contribution in [3.8, 4) is 11.5 Å². The molecule has 38 heavy (non-hydrogen) atoms. The number of anilines is 2. The van der Waals surface area contributed by atoms with Gasteiger partial charge in [-0.05, 0) is 78.4 Å². The van der Waals surface area contributed by atoms with Crippen LogP contribution in [0.3, 0.4) is 0 Å². The van der Waals surface area contributed by atoms with Crippen molar-refractivity contribution in [1.82, 2.24) is 4.98 Å². The molecule has 0 amide bonds. The first-order valence-corrected chi connectivity index (χ1v) is 12.9. The molecule has 7 heteroatoms. The topological polar surface area (TPSA) is 71.9 Å². The third-order valence-electron chi connectivity index (χ3n) is 6.33. The van der Waals surface area contributed by atoms with Crippen molar-refractivity contribution in [3.63, 3.8) is 0 Å². The average molecular weight is 531 g/mol. The van der Waals surface area contributed by atoms with E-state index < -0.39 is 5.97 Å². The second-order valence-corrected chi connectivity index (χ2v) is 9.26. The van der Waals surface area contributed by atoms with Gasteiger partial charge >= 0.3 is 5.97 Å². The number of aromatic carboxylic acids is 1. The molecule has 0 saturated heterocycles. The number of carboxylic acids is 1. The molecule has 4 rings (SSSR count). The number of carboxylic acid groups (broad SMARTS) is 1. The van der Waals surface area contributed by atoms with Crippen molar-refractivity contribution >= 4 is 28.9 Å². The first-order valence-electron chi connectivity index (χ1n) is 12.6. The Morgan fingerprint density at radius 2 is 1.82 bits per heavy atom. The smallest absolute Gasteiger partial charge is 0.336 e. The summed E-state index contributed by atoms with van der Waals surface area (Å²) in [5.74, 6) is 0.392. The Morgan fingerprint density at radius 1 is 1.00 bits per heavy atom. The molecule has 0 bridgehead atoms. The monoisotopic (exact) mass is 530 g/mol. The average Bonchev–Trinajstić information content (AvgIpc) is 2.95. The van der Waals surface area contributed by atoms with Crippen molar-refractivity contribution in [2.24, 2.45) is 0 Å². The maximum absolute atomic E-state index is 12.0. The van der Waals surface area contributed by atoms with E-state index in [9.17, 15) is 9.90 Å². The molecule has 0 aliphatic carbocycles. The number of carbonyl (C=O) groups is 1. The van der Waals surface area contributed by atoms with Crippen LogP contribution in [0.15, 0.2) is 85.2 Å². The fourth-order valence-electron chi connectivity index (χ4n) is 4.44. The number of nitrogens with zero attached hydrogens (tertiary/aromatic N) is 2. The predicted octanol–water partition coefficient (Wildman–Crippen LogP) is 7.35. The number of benzene rings is 3.